The second kappa shape index (κ2) is 8.36. The lowest BCUT2D eigenvalue weighted by molar-refractivity contribution is 0.0600. The summed E-state index contributed by atoms with van der Waals surface area (Å²) in [6.07, 6.45) is 0. The SMILES string of the molecule is COC(=O)c1cccc(C(=O)Nc2ccccc2Sc2ccccc2)c1. The van der Waals surface area contributed by atoms with Crippen LogP contribution < -0.4 is 5.32 Å². The fraction of sp³-hybridized carbons (Fsp3) is 0.0476. The van der Waals surface area contributed by atoms with Crippen LogP contribution in [0.2, 0.25) is 0 Å². The molecule has 3 aromatic carbocycles. The highest BCUT2D eigenvalue weighted by molar-refractivity contribution is 7.99. The second-order valence-corrected chi connectivity index (χ2v) is 6.55. The summed E-state index contributed by atoms with van der Waals surface area (Å²) in [5, 5.41) is 2.92. The van der Waals surface area contributed by atoms with Crippen LogP contribution >= 0.6 is 11.8 Å². The lowest BCUT2D eigenvalue weighted by Crippen LogP contribution is -2.13. The molecule has 0 aliphatic heterocycles. The monoisotopic (exact) mass is 363 g/mol. The zero-order valence-electron chi connectivity index (χ0n) is 14.1. The van der Waals surface area contributed by atoms with Crippen molar-refractivity contribution in [2.75, 3.05) is 12.4 Å². The second-order valence-electron chi connectivity index (χ2n) is 5.44. The Balaban J connectivity index is 1.81. The maximum Gasteiger partial charge on any atom is 0.337 e. The number of carbonyl (C=O) groups is 2. The van der Waals surface area contributed by atoms with E-state index in [-0.39, 0.29) is 5.91 Å². The molecule has 3 aromatic rings. The third kappa shape index (κ3) is 4.32. The first-order valence-corrected chi connectivity index (χ1v) is 8.80. The average molecular weight is 363 g/mol. The number of methoxy groups -OCH3 is 1. The Bertz CT molecular complexity index is 925. The van der Waals surface area contributed by atoms with E-state index in [4.69, 9.17) is 4.74 Å². The van der Waals surface area contributed by atoms with Crippen LogP contribution in [0.25, 0.3) is 0 Å². The van der Waals surface area contributed by atoms with Gasteiger partial charge >= 0.3 is 5.97 Å². The Kier molecular flexibility index (Phi) is 5.71. The van der Waals surface area contributed by atoms with Crippen molar-refractivity contribution in [2.24, 2.45) is 0 Å². The van der Waals surface area contributed by atoms with Crippen LogP contribution in [0.5, 0.6) is 0 Å². The van der Waals surface area contributed by atoms with E-state index in [1.807, 2.05) is 54.6 Å². The lowest BCUT2D eigenvalue weighted by atomic mass is 10.1. The zero-order valence-corrected chi connectivity index (χ0v) is 15.0. The van der Waals surface area contributed by atoms with Gasteiger partial charge in [0.15, 0.2) is 0 Å². The van der Waals surface area contributed by atoms with E-state index in [1.54, 1.807) is 30.0 Å². The standard InChI is InChI=1S/C21H17NO3S/c1-25-21(24)16-9-7-8-15(14-16)20(23)22-18-12-5-6-13-19(18)26-17-10-3-2-4-11-17/h2-14H,1H3,(H,22,23). The van der Waals surface area contributed by atoms with Gasteiger partial charge in [-0.3, -0.25) is 4.79 Å². The largest absolute Gasteiger partial charge is 0.465 e. The Morgan fingerprint density at radius 1 is 0.846 bits per heavy atom. The van der Waals surface area contributed by atoms with Crippen molar-refractivity contribution in [3.63, 3.8) is 0 Å². The van der Waals surface area contributed by atoms with Gasteiger partial charge in [0.05, 0.1) is 18.4 Å². The van der Waals surface area contributed by atoms with E-state index in [0.29, 0.717) is 11.1 Å². The predicted molar refractivity (Wildman–Crippen MR) is 103 cm³/mol. The van der Waals surface area contributed by atoms with Crippen molar-refractivity contribution in [3.05, 3.63) is 90.0 Å². The van der Waals surface area contributed by atoms with Gasteiger partial charge in [0, 0.05) is 15.4 Å². The number of ether oxygens (including phenoxy) is 1. The number of esters is 1. The highest BCUT2D eigenvalue weighted by atomic mass is 32.2. The Morgan fingerprint density at radius 3 is 2.31 bits per heavy atom. The Hall–Kier alpha value is -3.05. The van der Waals surface area contributed by atoms with E-state index < -0.39 is 5.97 Å². The molecule has 0 aliphatic rings. The van der Waals surface area contributed by atoms with Gasteiger partial charge < -0.3 is 10.1 Å². The van der Waals surface area contributed by atoms with Crippen LogP contribution in [0.3, 0.4) is 0 Å². The van der Waals surface area contributed by atoms with Gasteiger partial charge in [0.2, 0.25) is 0 Å². The summed E-state index contributed by atoms with van der Waals surface area (Å²) in [7, 11) is 1.31. The number of nitrogens with one attached hydrogen (secondary N) is 1. The molecule has 1 amide bonds. The van der Waals surface area contributed by atoms with Gasteiger partial charge in [-0.05, 0) is 42.5 Å². The van der Waals surface area contributed by atoms with E-state index in [2.05, 4.69) is 5.32 Å². The molecule has 0 atom stereocenters. The highest BCUT2D eigenvalue weighted by Crippen LogP contribution is 2.33. The molecular weight excluding hydrogens is 346 g/mol. The predicted octanol–water partition coefficient (Wildman–Crippen LogP) is 4.88. The molecule has 5 heteroatoms. The first kappa shape index (κ1) is 17.8. The van der Waals surface area contributed by atoms with Crippen LogP contribution in [-0.2, 0) is 4.74 Å². The number of para-hydroxylation sites is 1. The number of rotatable bonds is 5. The molecule has 0 aromatic heterocycles. The molecule has 1 N–H and O–H groups in total. The summed E-state index contributed by atoms with van der Waals surface area (Å²) in [5.74, 6) is -0.753. The first-order valence-electron chi connectivity index (χ1n) is 7.99. The minimum atomic E-state index is -0.473. The molecule has 0 radical (unpaired) electrons. The Morgan fingerprint density at radius 2 is 1.54 bits per heavy atom. The van der Waals surface area contributed by atoms with Crippen LogP contribution in [0, 0.1) is 0 Å². The van der Waals surface area contributed by atoms with Crippen molar-refractivity contribution < 1.29 is 14.3 Å². The van der Waals surface area contributed by atoms with Crippen molar-refractivity contribution in [1.82, 2.24) is 0 Å². The number of amides is 1. The van der Waals surface area contributed by atoms with Crippen LogP contribution in [0.15, 0.2) is 88.7 Å². The van der Waals surface area contributed by atoms with E-state index in [9.17, 15) is 9.59 Å². The van der Waals surface area contributed by atoms with E-state index in [0.717, 1.165) is 15.5 Å². The van der Waals surface area contributed by atoms with Crippen LogP contribution in [0.4, 0.5) is 5.69 Å². The smallest absolute Gasteiger partial charge is 0.337 e. The fourth-order valence-corrected chi connectivity index (χ4v) is 3.30. The molecule has 0 saturated heterocycles. The van der Waals surface area contributed by atoms with E-state index in [1.165, 1.54) is 13.2 Å². The number of carbonyl (C=O) groups excluding carboxylic acids is 2. The van der Waals surface area contributed by atoms with E-state index >= 15 is 0 Å². The molecule has 0 unspecified atom stereocenters. The maximum atomic E-state index is 12.6. The first-order chi connectivity index (χ1) is 12.7. The number of anilines is 1. The highest BCUT2D eigenvalue weighted by Gasteiger charge is 2.12. The molecule has 0 saturated carbocycles. The molecule has 0 fully saturated rings. The summed E-state index contributed by atoms with van der Waals surface area (Å²) < 4.78 is 4.70. The molecule has 0 aliphatic carbocycles. The van der Waals surface area contributed by atoms with Gasteiger partial charge in [-0.1, -0.05) is 48.2 Å². The lowest BCUT2D eigenvalue weighted by Gasteiger charge is -2.11. The molecule has 4 nitrogen and oxygen atoms in total. The zero-order chi connectivity index (χ0) is 18.4. The van der Waals surface area contributed by atoms with Gasteiger partial charge in [-0.15, -0.1) is 0 Å². The number of benzene rings is 3. The molecular formula is C21H17NO3S. The molecule has 0 spiro atoms. The third-order valence-corrected chi connectivity index (χ3v) is 4.74. The van der Waals surface area contributed by atoms with Crippen molar-refractivity contribution >= 4 is 29.3 Å². The summed E-state index contributed by atoms with van der Waals surface area (Å²) in [6, 6.07) is 24.0. The van der Waals surface area contributed by atoms with Gasteiger partial charge in [0.25, 0.3) is 5.91 Å². The van der Waals surface area contributed by atoms with Crippen molar-refractivity contribution in [1.29, 1.82) is 0 Å². The topological polar surface area (TPSA) is 55.4 Å². The minimum Gasteiger partial charge on any atom is -0.465 e. The Labute approximate surface area is 156 Å². The van der Waals surface area contributed by atoms with Crippen molar-refractivity contribution in [3.8, 4) is 0 Å². The summed E-state index contributed by atoms with van der Waals surface area (Å²) >= 11 is 1.57. The van der Waals surface area contributed by atoms with Gasteiger partial charge in [0.1, 0.15) is 0 Å². The fourth-order valence-electron chi connectivity index (χ4n) is 2.37. The molecule has 3 rings (SSSR count). The molecule has 26 heavy (non-hydrogen) atoms. The van der Waals surface area contributed by atoms with Crippen LogP contribution in [0.1, 0.15) is 20.7 Å². The van der Waals surface area contributed by atoms with Crippen molar-refractivity contribution in [2.45, 2.75) is 9.79 Å². The van der Waals surface area contributed by atoms with Gasteiger partial charge in [-0.25, -0.2) is 4.79 Å². The maximum absolute atomic E-state index is 12.6. The molecule has 0 bridgehead atoms. The molecule has 130 valence electrons. The number of hydrogen-bond acceptors (Lipinski definition) is 4. The molecule has 0 heterocycles. The third-order valence-electron chi connectivity index (χ3n) is 3.65. The summed E-state index contributed by atoms with van der Waals surface area (Å²) in [5.41, 5.74) is 1.45. The quantitative estimate of drug-likeness (QED) is 0.657. The van der Waals surface area contributed by atoms with Gasteiger partial charge in [-0.2, -0.15) is 0 Å². The van der Waals surface area contributed by atoms with Crippen LogP contribution in [-0.4, -0.2) is 19.0 Å². The summed E-state index contributed by atoms with van der Waals surface area (Å²) in [4.78, 5) is 26.3. The number of hydrogen-bond donors (Lipinski definition) is 1. The minimum absolute atomic E-state index is 0.281. The average Bonchev–Trinajstić information content (AvgIpc) is 2.69. The summed E-state index contributed by atoms with van der Waals surface area (Å²) in [6.45, 7) is 0. The normalized spacial score (nSPS) is 10.2.